The lowest BCUT2D eigenvalue weighted by Crippen LogP contribution is -2.37. The number of methoxy groups -OCH3 is 1. The van der Waals surface area contributed by atoms with Crippen molar-refractivity contribution in [3.8, 4) is 11.5 Å². The first-order valence-corrected chi connectivity index (χ1v) is 7.70. The van der Waals surface area contributed by atoms with Crippen LogP contribution in [0.1, 0.15) is 25.7 Å². The first-order chi connectivity index (χ1) is 11.5. The molecule has 2 amide bonds. The number of alkyl halides is 2. The second kappa shape index (κ2) is 8.47. The normalized spacial score (nSPS) is 15.2. The SMILES string of the molecule is COc1ccc(NC(=O)CN2CCCCCC2=O)cc1OC(F)F. The summed E-state index contributed by atoms with van der Waals surface area (Å²) in [6.45, 7) is -2.51. The van der Waals surface area contributed by atoms with Crippen LogP contribution in [0.15, 0.2) is 18.2 Å². The van der Waals surface area contributed by atoms with Crippen LogP contribution in [-0.4, -0.2) is 43.5 Å². The Morgan fingerprint density at radius 1 is 1.29 bits per heavy atom. The van der Waals surface area contributed by atoms with Crippen LogP contribution < -0.4 is 14.8 Å². The van der Waals surface area contributed by atoms with Gasteiger partial charge >= 0.3 is 6.61 Å². The maximum absolute atomic E-state index is 12.4. The van der Waals surface area contributed by atoms with Gasteiger partial charge in [0, 0.05) is 24.7 Å². The fourth-order valence-electron chi connectivity index (χ4n) is 2.52. The fourth-order valence-corrected chi connectivity index (χ4v) is 2.52. The van der Waals surface area contributed by atoms with Gasteiger partial charge in [0.2, 0.25) is 11.8 Å². The highest BCUT2D eigenvalue weighted by Gasteiger charge is 2.19. The number of halogens is 2. The summed E-state index contributed by atoms with van der Waals surface area (Å²) in [6, 6.07) is 4.19. The van der Waals surface area contributed by atoms with E-state index in [1.165, 1.54) is 30.2 Å². The highest BCUT2D eigenvalue weighted by Crippen LogP contribution is 2.31. The summed E-state index contributed by atoms with van der Waals surface area (Å²) in [4.78, 5) is 25.5. The number of benzene rings is 1. The van der Waals surface area contributed by atoms with Crippen LogP contribution in [0.4, 0.5) is 14.5 Å². The molecular weight excluding hydrogens is 322 g/mol. The molecule has 1 aliphatic rings. The lowest BCUT2D eigenvalue weighted by Gasteiger charge is -2.20. The van der Waals surface area contributed by atoms with Crippen molar-refractivity contribution < 1.29 is 27.8 Å². The van der Waals surface area contributed by atoms with E-state index in [0.717, 1.165) is 19.3 Å². The highest BCUT2D eigenvalue weighted by molar-refractivity contribution is 5.94. The van der Waals surface area contributed by atoms with Crippen LogP contribution in [-0.2, 0) is 9.59 Å². The molecule has 24 heavy (non-hydrogen) atoms. The molecule has 0 radical (unpaired) electrons. The molecule has 1 saturated heterocycles. The lowest BCUT2D eigenvalue weighted by molar-refractivity contribution is -0.134. The summed E-state index contributed by atoms with van der Waals surface area (Å²) in [7, 11) is 1.33. The maximum atomic E-state index is 12.4. The number of carbonyl (C=O) groups excluding carboxylic acids is 2. The van der Waals surface area contributed by atoms with Gasteiger partial charge in [-0.3, -0.25) is 9.59 Å². The van der Waals surface area contributed by atoms with Gasteiger partial charge in [-0.2, -0.15) is 8.78 Å². The van der Waals surface area contributed by atoms with E-state index >= 15 is 0 Å². The quantitative estimate of drug-likeness (QED) is 0.863. The van der Waals surface area contributed by atoms with Gasteiger partial charge in [-0.15, -0.1) is 0 Å². The Morgan fingerprint density at radius 2 is 2.08 bits per heavy atom. The van der Waals surface area contributed by atoms with Crippen molar-refractivity contribution in [1.29, 1.82) is 0 Å². The Balaban J connectivity index is 2.01. The minimum atomic E-state index is -3.00. The van der Waals surface area contributed by atoms with Crippen molar-refractivity contribution in [2.45, 2.75) is 32.3 Å². The molecule has 8 heteroatoms. The van der Waals surface area contributed by atoms with Crippen molar-refractivity contribution in [2.24, 2.45) is 0 Å². The number of amides is 2. The van der Waals surface area contributed by atoms with Crippen molar-refractivity contribution in [3.05, 3.63) is 18.2 Å². The van der Waals surface area contributed by atoms with Gasteiger partial charge in [0.05, 0.1) is 13.7 Å². The second-order valence-electron chi connectivity index (χ2n) is 5.42. The van der Waals surface area contributed by atoms with Gasteiger partial charge in [0.25, 0.3) is 0 Å². The number of carbonyl (C=O) groups is 2. The standard InChI is InChI=1S/C16H20F2N2O4/c1-23-12-7-6-11(9-13(12)24-16(17)18)19-14(21)10-20-8-4-2-3-5-15(20)22/h6-7,9,16H,2-5,8,10H2,1H3,(H,19,21). The third-order valence-corrected chi connectivity index (χ3v) is 3.67. The van der Waals surface area contributed by atoms with Crippen molar-refractivity contribution in [2.75, 3.05) is 25.5 Å². The summed E-state index contributed by atoms with van der Waals surface area (Å²) in [5.74, 6) is -0.468. The van der Waals surface area contributed by atoms with Crippen LogP contribution in [0.5, 0.6) is 11.5 Å². The van der Waals surface area contributed by atoms with E-state index < -0.39 is 12.5 Å². The van der Waals surface area contributed by atoms with E-state index in [-0.39, 0.29) is 24.0 Å². The molecule has 1 fully saturated rings. The van der Waals surface area contributed by atoms with Crippen molar-refractivity contribution in [3.63, 3.8) is 0 Å². The van der Waals surface area contributed by atoms with Crippen LogP contribution in [0, 0.1) is 0 Å². The summed E-state index contributed by atoms with van der Waals surface area (Å²) in [5.41, 5.74) is 0.290. The molecule has 0 atom stereocenters. The molecule has 1 N–H and O–H groups in total. The largest absolute Gasteiger partial charge is 0.493 e. The van der Waals surface area contributed by atoms with Gasteiger partial charge in [-0.05, 0) is 25.0 Å². The predicted molar refractivity (Wildman–Crippen MR) is 83.3 cm³/mol. The monoisotopic (exact) mass is 342 g/mol. The van der Waals surface area contributed by atoms with Crippen molar-refractivity contribution >= 4 is 17.5 Å². The average molecular weight is 342 g/mol. The smallest absolute Gasteiger partial charge is 0.387 e. The van der Waals surface area contributed by atoms with Gasteiger partial charge in [-0.25, -0.2) is 0 Å². The number of anilines is 1. The molecule has 0 bridgehead atoms. The third kappa shape index (κ3) is 5.07. The molecule has 2 rings (SSSR count). The van der Waals surface area contributed by atoms with Gasteiger partial charge < -0.3 is 19.7 Å². The van der Waals surface area contributed by atoms with E-state index in [1.807, 2.05) is 0 Å². The van der Waals surface area contributed by atoms with E-state index in [1.54, 1.807) is 0 Å². The number of likely N-dealkylation sites (tertiary alicyclic amines) is 1. The van der Waals surface area contributed by atoms with E-state index in [0.29, 0.717) is 18.7 Å². The van der Waals surface area contributed by atoms with Crippen molar-refractivity contribution in [1.82, 2.24) is 4.90 Å². The Kier molecular flexibility index (Phi) is 6.34. The van der Waals surface area contributed by atoms with E-state index in [4.69, 9.17) is 4.74 Å². The molecular formula is C16H20F2N2O4. The Morgan fingerprint density at radius 3 is 2.79 bits per heavy atom. The molecule has 6 nitrogen and oxygen atoms in total. The van der Waals surface area contributed by atoms with E-state index in [2.05, 4.69) is 10.1 Å². The number of nitrogens with zero attached hydrogens (tertiary/aromatic N) is 1. The predicted octanol–water partition coefficient (Wildman–Crippen LogP) is 2.64. The first-order valence-electron chi connectivity index (χ1n) is 7.70. The first kappa shape index (κ1) is 18.0. The molecule has 0 aliphatic carbocycles. The summed E-state index contributed by atoms with van der Waals surface area (Å²) in [6.07, 6.45) is 3.12. The number of hydrogen-bond acceptors (Lipinski definition) is 4. The second-order valence-corrected chi connectivity index (χ2v) is 5.42. The minimum Gasteiger partial charge on any atom is -0.493 e. The average Bonchev–Trinajstić information content (AvgIpc) is 2.72. The van der Waals surface area contributed by atoms with Gasteiger partial charge in [-0.1, -0.05) is 6.42 Å². The molecule has 0 aromatic heterocycles. The topological polar surface area (TPSA) is 67.9 Å². The summed E-state index contributed by atoms with van der Waals surface area (Å²) in [5, 5.41) is 2.58. The van der Waals surface area contributed by atoms with Crippen LogP contribution >= 0.6 is 0 Å². The summed E-state index contributed by atoms with van der Waals surface area (Å²) >= 11 is 0. The zero-order valence-electron chi connectivity index (χ0n) is 13.4. The fraction of sp³-hybridized carbons (Fsp3) is 0.500. The number of nitrogens with one attached hydrogen (secondary N) is 1. The Labute approximate surface area is 138 Å². The zero-order chi connectivity index (χ0) is 17.5. The molecule has 1 aliphatic heterocycles. The van der Waals surface area contributed by atoms with Gasteiger partial charge in [0.15, 0.2) is 11.5 Å². The maximum Gasteiger partial charge on any atom is 0.387 e. The number of ether oxygens (including phenoxy) is 2. The number of rotatable bonds is 6. The lowest BCUT2D eigenvalue weighted by atomic mass is 10.2. The molecule has 1 aromatic rings. The molecule has 1 aromatic carbocycles. The van der Waals surface area contributed by atoms with Gasteiger partial charge in [0.1, 0.15) is 0 Å². The number of hydrogen-bond donors (Lipinski definition) is 1. The Hall–Kier alpha value is -2.38. The van der Waals surface area contributed by atoms with E-state index in [9.17, 15) is 18.4 Å². The molecule has 0 unspecified atom stereocenters. The van der Waals surface area contributed by atoms with Crippen LogP contribution in [0.2, 0.25) is 0 Å². The Bertz CT molecular complexity index is 595. The molecule has 0 spiro atoms. The molecule has 132 valence electrons. The molecule has 1 heterocycles. The minimum absolute atomic E-state index is 0.0425. The molecule has 0 saturated carbocycles. The third-order valence-electron chi connectivity index (χ3n) is 3.67. The zero-order valence-corrected chi connectivity index (χ0v) is 13.4. The van der Waals surface area contributed by atoms with Crippen LogP contribution in [0.3, 0.4) is 0 Å². The van der Waals surface area contributed by atoms with Crippen LogP contribution in [0.25, 0.3) is 0 Å². The summed E-state index contributed by atoms with van der Waals surface area (Å²) < 4.78 is 34.1. The highest BCUT2D eigenvalue weighted by atomic mass is 19.3.